The minimum Gasteiger partial charge on any atom is -0.496 e. The highest BCUT2D eigenvalue weighted by molar-refractivity contribution is 7.13. The van der Waals surface area contributed by atoms with Gasteiger partial charge in [-0.15, -0.1) is 11.3 Å². The Labute approximate surface area is 123 Å². The number of aromatic nitrogens is 1. The number of aryl methyl sites for hydroxylation is 2. The molecule has 4 nitrogen and oxygen atoms in total. The van der Waals surface area contributed by atoms with Gasteiger partial charge in [-0.3, -0.25) is 5.43 Å². The number of ether oxygens (including phenoxy) is 1. The van der Waals surface area contributed by atoms with E-state index in [1.54, 1.807) is 18.4 Å². The lowest BCUT2D eigenvalue weighted by Gasteiger charge is -2.13. The molecule has 0 spiro atoms. The van der Waals surface area contributed by atoms with Crippen LogP contribution < -0.4 is 10.2 Å². The molecule has 1 heterocycles. The average molecular weight is 289 g/mol. The van der Waals surface area contributed by atoms with Gasteiger partial charge in [0.15, 0.2) is 0 Å². The van der Waals surface area contributed by atoms with Gasteiger partial charge in [0.1, 0.15) is 5.75 Å². The highest BCUT2D eigenvalue weighted by Gasteiger charge is 2.09. The highest BCUT2D eigenvalue weighted by Crippen LogP contribution is 2.27. The van der Waals surface area contributed by atoms with Crippen LogP contribution in [0.25, 0.3) is 0 Å². The molecule has 20 heavy (non-hydrogen) atoms. The summed E-state index contributed by atoms with van der Waals surface area (Å²) in [4.78, 5) is 4.30. The molecule has 0 saturated heterocycles. The van der Waals surface area contributed by atoms with E-state index in [0.29, 0.717) is 0 Å². The number of thiazole rings is 1. The van der Waals surface area contributed by atoms with Gasteiger partial charge in [-0.05, 0) is 56.0 Å². The smallest absolute Gasteiger partial charge is 0.203 e. The number of nitrogens with zero attached hydrogens (tertiary/aromatic N) is 2. The fraction of sp³-hybridized carbons (Fsp3) is 0.333. The minimum absolute atomic E-state index is 0.804. The van der Waals surface area contributed by atoms with Gasteiger partial charge in [0.25, 0.3) is 0 Å². The predicted octanol–water partition coefficient (Wildman–Crippen LogP) is 3.83. The summed E-state index contributed by atoms with van der Waals surface area (Å²) in [6, 6.07) is 2.08. The lowest BCUT2D eigenvalue weighted by Crippen LogP contribution is -1.99. The number of hydrogen-bond acceptors (Lipinski definition) is 5. The number of hydrazone groups is 1. The number of rotatable bonds is 4. The molecule has 106 valence electrons. The first-order valence-electron chi connectivity index (χ1n) is 6.39. The standard InChI is InChI=1S/C15H19N3OS/c1-9-6-13(11(3)12(4)14(9)19-5)7-16-18-15-17-10(2)8-20-15/h6-8H,1-5H3,(H,17,18). The van der Waals surface area contributed by atoms with Gasteiger partial charge in [-0.2, -0.15) is 5.10 Å². The molecule has 0 unspecified atom stereocenters. The molecule has 5 heteroatoms. The first-order chi connectivity index (χ1) is 9.52. The molecule has 0 bridgehead atoms. The molecule has 0 atom stereocenters. The van der Waals surface area contributed by atoms with Gasteiger partial charge in [0.2, 0.25) is 5.13 Å². The van der Waals surface area contributed by atoms with Crippen LogP contribution in [0.15, 0.2) is 16.5 Å². The van der Waals surface area contributed by atoms with Crippen LogP contribution in [0.5, 0.6) is 5.75 Å². The Morgan fingerprint density at radius 2 is 2.00 bits per heavy atom. The van der Waals surface area contributed by atoms with E-state index < -0.39 is 0 Å². The summed E-state index contributed by atoms with van der Waals surface area (Å²) in [6.45, 7) is 8.15. The zero-order chi connectivity index (χ0) is 14.7. The Hall–Kier alpha value is -1.88. The van der Waals surface area contributed by atoms with E-state index in [0.717, 1.165) is 33.3 Å². The van der Waals surface area contributed by atoms with Crippen molar-refractivity contribution in [2.75, 3.05) is 12.5 Å². The summed E-state index contributed by atoms with van der Waals surface area (Å²) in [6.07, 6.45) is 1.82. The molecule has 1 aromatic carbocycles. The Bertz CT molecular complexity index is 647. The zero-order valence-corrected chi connectivity index (χ0v) is 13.3. The second-order valence-electron chi connectivity index (χ2n) is 4.73. The lowest BCUT2D eigenvalue weighted by atomic mass is 9.99. The van der Waals surface area contributed by atoms with E-state index in [1.807, 2.05) is 25.4 Å². The van der Waals surface area contributed by atoms with Crippen molar-refractivity contribution in [2.45, 2.75) is 27.7 Å². The maximum Gasteiger partial charge on any atom is 0.203 e. The number of methoxy groups -OCH3 is 1. The van der Waals surface area contributed by atoms with Crippen molar-refractivity contribution in [2.24, 2.45) is 5.10 Å². The molecule has 0 aliphatic rings. The van der Waals surface area contributed by atoms with Crippen LogP contribution in [0.3, 0.4) is 0 Å². The van der Waals surface area contributed by atoms with Gasteiger partial charge >= 0.3 is 0 Å². The molecule has 0 aliphatic carbocycles. The second-order valence-corrected chi connectivity index (χ2v) is 5.59. The van der Waals surface area contributed by atoms with Crippen LogP contribution in [0.1, 0.15) is 27.9 Å². The molecular weight excluding hydrogens is 270 g/mol. The van der Waals surface area contributed by atoms with Crippen molar-refractivity contribution >= 4 is 22.7 Å². The van der Waals surface area contributed by atoms with E-state index in [1.165, 1.54) is 5.56 Å². The van der Waals surface area contributed by atoms with Crippen LogP contribution in [0.2, 0.25) is 0 Å². The molecule has 0 aliphatic heterocycles. The van der Waals surface area contributed by atoms with Gasteiger partial charge in [-0.1, -0.05) is 0 Å². The molecule has 1 aromatic heterocycles. The van der Waals surface area contributed by atoms with E-state index >= 15 is 0 Å². The second kappa shape index (κ2) is 6.05. The fourth-order valence-corrected chi connectivity index (χ4v) is 2.74. The van der Waals surface area contributed by atoms with Crippen LogP contribution in [-0.4, -0.2) is 18.3 Å². The lowest BCUT2D eigenvalue weighted by molar-refractivity contribution is 0.408. The molecule has 0 radical (unpaired) electrons. The highest BCUT2D eigenvalue weighted by atomic mass is 32.1. The van der Waals surface area contributed by atoms with Crippen molar-refractivity contribution in [3.8, 4) is 5.75 Å². The van der Waals surface area contributed by atoms with Crippen LogP contribution in [0.4, 0.5) is 5.13 Å². The molecule has 2 aromatic rings. The van der Waals surface area contributed by atoms with Crippen molar-refractivity contribution in [1.29, 1.82) is 0 Å². The Morgan fingerprint density at radius 1 is 1.25 bits per heavy atom. The van der Waals surface area contributed by atoms with Gasteiger partial charge in [0.05, 0.1) is 19.0 Å². The number of nitrogens with one attached hydrogen (secondary N) is 1. The minimum atomic E-state index is 0.804. The van der Waals surface area contributed by atoms with Crippen molar-refractivity contribution < 1.29 is 4.74 Å². The topological polar surface area (TPSA) is 46.5 Å². The summed E-state index contributed by atoms with van der Waals surface area (Å²) < 4.78 is 5.42. The van der Waals surface area contributed by atoms with Crippen LogP contribution >= 0.6 is 11.3 Å². The van der Waals surface area contributed by atoms with Gasteiger partial charge in [0, 0.05) is 5.38 Å². The van der Waals surface area contributed by atoms with Crippen LogP contribution in [0, 0.1) is 27.7 Å². The third-order valence-electron chi connectivity index (χ3n) is 3.25. The molecule has 0 saturated carbocycles. The molecule has 0 fully saturated rings. The van der Waals surface area contributed by atoms with E-state index in [9.17, 15) is 0 Å². The van der Waals surface area contributed by atoms with Gasteiger partial charge in [-0.25, -0.2) is 4.98 Å². The van der Waals surface area contributed by atoms with Crippen molar-refractivity contribution in [1.82, 2.24) is 4.98 Å². The third kappa shape index (κ3) is 2.99. The Balaban J connectivity index is 2.21. The number of anilines is 1. The summed E-state index contributed by atoms with van der Waals surface area (Å²) in [7, 11) is 1.70. The molecule has 0 amide bonds. The number of hydrogen-bond donors (Lipinski definition) is 1. The predicted molar refractivity (Wildman–Crippen MR) is 85.3 cm³/mol. The first-order valence-corrected chi connectivity index (χ1v) is 7.27. The summed E-state index contributed by atoms with van der Waals surface area (Å²) >= 11 is 1.55. The normalized spacial score (nSPS) is 11.1. The van der Waals surface area contributed by atoms with Crippen molar-refractivity contribution in [3.63, 3.8) is 0 Å². The molecule has 2 rings (SSSR count). The molecular formula is C15H19N3OS. The monoisotopic (exact) mass is 289 g/mol. The SMILES string of the molecule is COc1c(C)cc(C=NNc2nc(C)cs2)c(C)c1C. The van der Waals surface area contributed by atoms with Crippen LogP contribution in [-0.2, 0) is 0 Å². The maximum absolute atomic E-state index is 5.42. The summed E-state index contributed by atoms with van der Waals surface area (Å²) in [5.74, 6) is 0.947. The van der Waals surface area contributed by atoms with E-state index in [-0.39, 0.29) is 0 Å². The van der Waals surface area contributed by atoms with Crippen molar-refractivity contribution in [3.05, 3.63) is 39.4 Å². The largest absolute Gasteiger partial charge is 0.496 e. The van der Waals surface area contributed by atoms with Gasteiger partial charge < -0.3 is 4.74 Å². The number of benzene rings is 1. The average Bonchev–Trinajstić information content (AvgIpc) is 2.82. The van der Waals surface area contributed by atoms with E-state index in [2.05, 4.69) is 35.4 Å². The zero-order valence-electron chi connectivity index (χ0n) is 12.4. The maximum atomic E-state index is 5.42. The van der Waals surface area contributed by atoms with E-state index in [4.69, 9.17) is 4.74 Å². The Kier molecular flexibility index (Phi) is 4.39. The third-order valence-corrected chi connectivity index (χ3v) is 4.12. The quantitative estimate of drug-likeness (QED) is 0.687. The molecule has 1 N–H and O–H groups in total. The summed E-state index contributed by atoms with van der Waals surface area (Å²) in [5, 5.41) is 7.05. The summed E-state index contributed by atoms with van der Waals surface area (Å²) in [5.41, 5.74) is 8.48. The Morgan fingerprint density at radius 3 is 2.60 bits per heavy atom. The first kappa shape index (κ1) is 14.5. The fourth-order valence-electron chi connectivity index (χ4n) is 2.10.